The Bertz CT molecular complexity index is 1520. The van der Waals surface area contributed by atoms with Gasteiger partial charge in [-0.1, -0.05) is 12.1 Å². The first-order valence-corrected chi connectivity index (χ1v) is 13.1. The van der Waals surface area contributed by atoms with E-state index < -0.39 is 6.36 Å². The number of halogens is 3. The van der Waals surface area contributed by atoms with Crippen molar-refractivity contribution in [2.75, 3.05) is 43.5 Å². The SMILES string of the molecule is COc1ccc(NC(=O)c2ccc(N3CCN(Cc4cc(OC(F)(F)F)cc(-c5cccc(O)c5)c4)CC3)nn2)cc1. The summed E-state index contributed by atoms with van der Waals surface area (Å²) in [4.78, 5) is 16.7. The Kier molecular flexibility index (Phi) is 8.43. The molecule has 2 heterocycles. The summed E-state index contributed by atoms with van der Waals surface area (Å²) in [5.41, 5.74) is 2.51. The largest absolute Gasteiger partial charge is 0.573 e. The zero-order chi connectivity index (χ0) is 29.7. The van der Waals surface area contributed by atoms with Gasteiger partial charge in [0, 0.05) is 38.4 Å². The van der Waals surface area contributed by atoms with Gasteiger partial charge in [-0.15, -0.1) is 23.4 Å². The van der Waals surface area contributed by atoms with Crippen molar-refractivity contribution >= 4 is 17.4 Å². The number of hydrogen-bond donors (Lipinski definition) is 2. The Morgan fingerprint density at radius 1 is 0.905 bits per heavy atom. The fourth-order valence-electron chi connectivity index (χ4n) is 4.67. The molecule has 42 heavy (non-hydrogen) atoms. The fraction of sp³-hybridized carbons (Fsp3) is 0.233. The minimum atomic E-state index is -4.83. The Morgan fingerprint density at radius 2 is 1.67 bits per heavy atom. The Labute approximate surface area is 240 Å². The van der Waals surface area contributed by atoms with E-state index in [1.807, 2.05) is 4.90 Å². The quantitative estimate of drug-likeness (QED) is 0.289. The smallest absolute Gasteiger partial charge is 0.508 e. The van der Waals surface area contributed by atoms with Crippen LogP contribution in [0.15, 0.2) is 78.9 Å². The summed E-state index contributed by atoms with van der Waals surface area (Å²) < 4.78 is 48.4. The second-order valence-corrected chi connectivity index (χ2v) is 9.69. The molecule has 0 aliphatic carbocycles. The van der Waals surface area contributed by atoms with Gasteiger partial charge in [-0.2, -0.15) is 0 Å². The molecule has 1 fully saturated rings. The maximum Gasteiger partial charge on any atom is 0.573 e. The Balaban J connectivity index is 1.21. The standard InChI is InChI=1S/C30H28F3N5O4/c1-41-25-7-5-23(6-8-25)34-29(40)27-9-10-28(36-35-27)38-13-11-37(12-14-38)19-20-15-22(21-3-2-4-24(39)17-21)18-26(16-20)42-30(31,32)33/h2-10,15-18,39H,11-14,19H2,1H3,(H,34,40). The number of nitrogens with one attached hydrogen (secondary N) is 1. The predicted octanol–water partition coefficient (Wildman–Crippen LogP) is 5.33. The van der Waals surface area contributed by atoms with Crippen LogP contribution in [0, 0.1) is 0 Å². The summed E-state index contributed by atoms with van der Waals surface area (Å²) in [7, 11) is 1.57. The first kappa shape index (κ1) is 28.7. The molecule has 1 aliphatic heterocycles. The van der Waals surface area contributed by atoms with Crippen molar-refractivity contribution < 1.29 is 32.5 Å². The second-order valence-electron chi connectivity index (χ2n) is 9.69. The summed E-state index contributed by atoms with van der Waals surface area (Å²) in [6.45, 7) is 2.90. The third kappa shape index (κ3) is 7.46. The molecule has 1 aliphatic rings. The molecule has 4 aromatic rings. The van der Waals surface area contributed by atoms with Crippen LogP contribution >= 0.6 is 0 Å². The van der Waals surface area contributed by atoms with Gasteiger partial charge in [0.1, 0.15) is 17.2 Å². The molecule has 0 spiro atoms. The maximum atomic E-state index is 13.0. The number of anilines is 2. The highest BCUT2D eigenvalue weighted by molar-refractivity contribution is 6.02. The number of aromatic hydroxyl groups is 1. The highest BCUT2D eigenvalue weighted by atomic mass is 19.4. The van der Waals surface area contributed by atoms with Crippen LogP contribution < -0.4 is 19.7 Å². The lowest BCUT2D eigenvalue weighted by atomic mass is 10.0. The van der Waals surface area contributed by atoms with Crippen LogP contribution in [-0.2, 0) is 6.54 Å². The second kappa shape index (κ2) is 12.4. The van der Waals surface area contributed by atoms with Gasteiger partial charge in [-0.05, 0) is 83.4 Å². The molecule has 3 aromatic carbocycles. The van der Waals surface area contributed by atoms with Crippen LogP contribution in [0.2, 0.25) is 0 Å². The number of nitrogens with zero attached hydrogens (tertiary/aromatic N) is 4. The van der Waals surface area contributed by atoms with Crippen LogP contribution in [0.1, 0.15) is 16.1 Å². The molecule has 2 N–H and O–H groups in total. The van der Waals surface area contributed by atoms with Crippen molar-refractivity contribution in [1.82, 2.24) is 15.1 Å². The van der Waals surface area contributed by atoms with Gasteiger partial charge in [0.05, 0.1) is 7.11 Å². The van der Waals surface area contributed by atoms with Crippen LogP contribution in [0.3, 0.4) is 0 Å². The van der Waals surface area contributed by atoms with E-state index in [0.717, 1.165) is 0 Å². The summed E-state index contributed by atoms with van der Waals surface area (Å²) in [6, 6.07) is 21.1. The summed E-state index contributed by atoms with van der Waals surface area (Å²) in [5, 5.41) is 20.9. The van der Waals surface area contributed by atoms with Gasteiger partial charge in [0.2, 0.25) is 0 Å². The predicted molar refractivity (Wildman–Crippen MR) is 151 cm³/mol. The van der Waals surface area contributed by atoms with Crippen molar-refractivity contribution in [2.45, 2.75) is 12.9 Å². The number of benzene rings is 3. The zero-order valence-electron chi connectivity index (χ0n) is 22.6. The van der Waals surface area contributed by atoms with Crippen LogP contribution in [0.5, 0.6) is 17.2 Å². The number of methoxy groups -OCH3 is 1. The van der Waals surface area contributed by atoms with Crippen molar-refractivity contribution in [3.05, 3.63) is 90.1 Å². The number of amides is 1. The van der Waals surface area contributed by atoms with E-state index in [9.17, 15) is 23.1 Å². The lowest BCUT2D eigenvalue weighted by molar-refractivity contribution is -0.274. The number of ether oxygens (including phenoxy) is 2. The summed E-state index contributed by atoms with van der Waals surface area (Å²) in [6.07, 6.45) is -4.83. The van der Waals surface area contributed by atoms with E-state index in [1.54, 1.807) is 61.7 Å². The molecule has 5 rings (SSSR count). The molecule has 12 heteroatoms. The fourth-order valence-corrected chi connectivity index (χ4v) is 4.67. The maximum absolute atomic E-state index is 13.0. The molecule has 9 nitrogen and oxygen atoms in total. The number of piperazine rings is 1. The highest BCUT2D eigenvalue weighted by Gasteiger charge is 2.31. The van der Waals surface area contributed by atoms with Gasteiger partial charge in [0.25, 0.3) is 5.91 Å². The van der Waals surface area contributed by atoms with E-state index >= 15 is 0 Å². The van der Waals surface area contributed by atoms with Gasteiger partial charge >= 0.3 is 6.36 Å². The van der Waals surface area contributed by atoms with E-state index in [4.69, 9.17) is 4.74 Å². The third-order valence-corrected chi connectivity index (χ3v) is 6.71. The molecule has 218 valence electrons. The third-order valence-electron chi connectivity index (χ3n) is 6.71. The zero-order valence-corrected chi connectivity index (χ0v) is 22.6. The average molecular weight is 580 g/mol. The van der Waals surface area contributed by atoms with Crippen molar-refractivity contribution in [1.29, 1.82) is 0 Å². The Morgan fingerprint density at radius 3 is 2.31 bits per heavy atom. The average Bonchev–Trinajstić information content (AvgIpc) is 2.97. The number of rotatable bonds is 8. The number of hydrogen-bond acceptors (Lipinski definition) is 8. The summed E-state index contributed by atoms with van der Waals surface area (Å²) >= 11 is 0. The van der Waals surface area contributed by atoms with Gasteiger partial charge in [-0.25, -0.2) is 0 Å². The molecule has 1 saturated heterocycles. The van der Waals surface area contributed by atoms with Crippen LogP contribution in [-0.4, -0.2) is 65.8 Å². The molecule has 1 amide bonds. The van der Waals surface area contributed by atoms with Crippen molar-refractivity contribution in [3.8, 4) is 28.4 Å². The molecule has 0 bridgehead atoms. The van der Waals surface area contributed by atoms with E-state index in [1.165, 1.54) is 24.3 Å². The van der Waals surface area contributed by atoms with Gasteiger partial charge in [-0.3, -0.25) is 9.69 Å². The lowest BCUT2D eigenvalue weighted by Gasteiger charge is -2.35. The minimum Gasteiger partial charge on any atom is -0.508 e. The molecule has 0 atom stereocenters. The molecular formula is C30H28F3N5O4. The normalized spacial score (nSPS) is 14.0. The number of aromatic nitrogens is 2. The first-order chi connectivity index (χ1) is 20.1. The highest BCUT2D eigenvalue weighted by Crippen LogP contribution is 2.32. The minimum absolute atomic E-state index is 0.0151. The van der Waals surface area contributed by atoms with E-state index in [-0.39, 0.29) is 23.1 Å². The van der Waals surface area contributed by atoms with Crippen LogP contribution in [0.25, 0.3) is 11.1 Å². The van der Waals surface area contributed by atoms with Crippen molar-refractivity contribution in [3.63, 3.8) is 0 Å². The number of alkyl halides is 3. The molecular weight excluding hydrogens is 551 g/mol. The Hall–Kier alpha value is -4.84. The lowest BCUT2D eigenvalue weighted by Crippen LogP contribution is -2.46. The molecule has 1 aromatic heterocycles. The van der Waals surface area contributed by atoms with Gasteiger partial charge in [0.15, 0.2) is 11.5 Å². The molecule has 0 unspecified atom stereocenters. The monoisotopic (exact) mass is 579 g/mol. The van der Waals surface area contributed by atoms with Crippen molar-refractivity contribution in [2.24, 2.45) is 0 Å². The number of phenols is 1. The van der Waals surface area contributed by atoms with E-state index in [2.05, 4.69) is 25.2 Å². The van der Waals surface area contributed by atoms with Gasteiger partial charge < -0.3 is 24.8 Å². The number of carbonyl (C=O) groups is 1. The van der Waals surface area contributed by atoms with Crippen LogP contribution in [0.4, 0.5) is 24.7 Å². The molecule has 0 radical (unpaired) electrons. The first-order valence-electron chi connectivity index (χ1n) is 13.1. The van der Waals surface area contributed by atoms with E-state index in [0.29, 0.717) is 66.7 Å². The molecule has 0 saturated carbocycles. The number of carbonyl (C=O) groups excluding carboxylic acids is 1. The topological polar surface area (TPSA) is 100 Å². The number of phenolic OH excluding ortho intramolecular Hbond substituents is 1. The summed E-state index contributed by atoms with van der Waals surface area (Å²) in [5.74, 6) is 0.622.